The molecule has 4 rings (SSSR count). The average molecular weight is 580 g/mol. The topological polar surface area (TPSA) is 131 Å². The molecule has 41 heavy (non-hydrogen) atoms. The summed E-state index contributed by atoms with van der Waals surface area (Å²) in [6.07, 6.45) is 3.17. The van der Waals surface area contributed by atoms with Crippen LogP contribution in [0.1, 0.15) is 55.6 Å². The van der Waals surface area contributed by atoms with E-state index in [1.807, 2.05) is 12.1 Å². The molecule has 1 fully saturated rings. The molecule has 1 aromatic heterocycles. The molecule has 2 heterocycles. The molecular weight excluding hydrogens is 546 g/mol. The third-order valence-electron chi connectivity index (χ3n) is 6.34. The fourth-order valence-electron chi connectivity index (χ4n) is 4.44. The lowest BCUT2D eigenvalue weighted by molar-refractivity contribution is 0.0590. The first-order chi connectivity index (χ1) is 19.6. The molecule has 0 saturated carbocycles. The zero-order valence-corrected chi connectivity index (χ0v) is 24.0. The predicted octanol–water partition coefficient (Wildman–Crippen LogP) is 6.62. The minimum Gasteiger partial charge on any atom is -0.444 e. The van der Waals surface area contributed by atoms with E-state index in [1.165, 1.54) is 6.07 Å². The highest BCUT2D eigenvalue weighted by molar-refractivity contribution is 6.30. The molecular formula is C30H34ClN5O5. The van der Waals surface area contributed by atoms with E-state index < -0.39 is 29.8 Å². The lowest BCUT2D eigenvalue weighted by Gasteiger charge is -2.30. The molecule has 10 nitrogen and oxygen atoms in total. The number of ether oxygens (including phenoxy) is 2. The van der Waals surface area contributed by atoms with Crippen molar-refractivity contribution in [1.29, 1.82) is 0 Å². The second-order valence-electron chi connectivity index (χ2n) is 10.7. The van der Waals surface area contributed by atoms with Gasteiger partial charge in [0.1, 0.15) is 11.7 Å². The van der Waals surface area contributed by atoms with Crippen LogP contribution in [0.2, 0.25) is 5.02 Å². The van der Waals surface area contributed by atoms with Crippen molar-refractivity contribution in [3.05, 3.63) is 83.1 Å². The Morgan fingerprint density at radius 2 is 1.59 bits per heavy atom. The minimum absolute atomic E-state index is 0.119. The Hall–Kier alpha value is -4.15. The molecule has 3 aromatic rings. The van der Waals surface area contributed by atoms with E-state index in [0.717, 1.165) is 31.5 Å². The molecule has 216 valence electrons. The molecule has 1 aliphatic heterocycles. The van der Waals surface area contributed by atoms with Gasteiger partial charge in [-0.1, -0.05) is 11.6 Å². The van der Waals surface area contributed by atoms with Gasteiger partial charge >= 0.3 is 12.2 Å². The number of carbonyl (C=O) groups excluding carboxylic acids is 3. The molecule has 1 saturated heterocycles. The third-order valence-corrected chi connectivity index (χ3v) is 6.59. The van der Waals surface area contributed by atoms with Crippen LogP contribution < -0.4 is 21.3 Å². The van der Waals surface area contributed by atoms with Crippen molar-refractivity contribution in [1.82, 2.24) is 10.3 Å². The first kappa shape index (κ1) is 29.8. The maximum Gasteiger partial charge on any atom is 0.412 e. The fraction of sp³-hybridized carbons (Fsp3) is 0.333. The molecule has 1 aliphatic rings. The summed E-state index contributed by atoms with van der Waals surface area (Å²) in [5.74, 6) is -0.288. The van der Waals surface area contributed by atoms with Crippen molar-refractivity contribution >= 4 is 46.8 Å². The Morgan fingerprint density at radius 1 is 0.902 bits per heavy atom. The molecule has 0 radical (unpaired) electrons. The van der Waals surface area contributed by atoms with Crippen LogP contribution in [-0.2, 0) is 9.47 Å². The van der Waals surface area contributed by atoms with Crippen molar-refractivity contribution in [2.75, 3.05) is 29.0 Å². The van der Waals surface area contributed by atoms with Gasteiger partial charge in [-0.25, -0.2) is 9.59 Å². The molecule has 0 bridgehead atoms. The number of pyridine rings is 1. The van der Waals surface area contributed by atoms with E-state index in [0.29, 0.717) is 22.0 Å². The summed E-state index contributed by atoms with van der Waals surface area (Å²) in [4.78, 5) is 42.7. The Balaban J connectivity index is 1.57. The average Bonchev–Trinajstić information content (AvgIpc) is 2.93. The maximum absolute atomic E-state index is 13.3. The Bertz CT molecular complexity index is 1360. The minimum atomic E-state index is -0.707. The number of hydrogen-bond acceptors (Lipinski definition) is 7. The van der Waals surface area contributed by atoms with Crippen LogP contribution in [0.15, 0.2) is 67.0 Å². The zero-order valence-electron chi connectivity index (χ0n) is 23.2. The first-order valence-electron chi connectivity index (χ1n) is 13.4. The summed E-state index contributed by atoms with van der Waals surface area (Å²) in [7, 11) is 0. The number of aromatic nitrogens is 1. The summed E-state index contributed by atoms with van der Waals surface area (Å²) < 4.78 is 11.3. The van der Waals surface area contributed by atoms with Gasteiger partial charge < -0.3 is 20.1 Å². The molecule has 4 N–H and O–H groups in total. The van der Waals surface area contributed by atoms with Crippen molar-refractivity contribution in [3.63, 3.8) is 0 Å². The molecule has 1 atom stereocenters. The summed E-state index contributed by atoms with van der Waals surface area (Å²) in [6, 6.07) is 14.8. The molecule has 3 amide bonds. The van der Waals surface area contributed by atoms with E-state index in [9.17, 15) is 14.4 Å². The Morgan fingerprint density at radius 3 is 2.24 bits per heavy atom. The standard InChI is InChI=1S/C30H34ClN5O5/c1-30(2,3)41-29(39)34-23-8-9-24(35-27(37)21-4-6-22(31)7-5-21)25(18-23)36-28(38)40-26(19-10-14-32-15-11-19)20-12-16-33-17-13-20/h4-11,14-15,18,20,26,33H,12-13,16-17H2,1-3H3,(H,34,39)(H,35,37)(H,36,38). The predicted molar refractivity (Wildman–Crippen MR) is 158 cm³/mol. The van der Waals surface area contributed by atoms with Crippen molar-refractivity contribution < 1.29 is 23.9 Å². The summed E-state index contributed by atoms with van der Waals surface area (Å²) >= 11 is 5.96. The molecule has 0 aliphatic carbocycles. The van der Waals surface area contributed by atoms with E-state index in [4.69, 9.17) is 21.1 Å². The van der Waals surface area contributed by atoms with Gasteiger partial charge in [-0.2, -0.15) is 0 Å². The number of benzene rings is 2. The van der Waals surface area contributed by atoms with E-state index in [-0.39, 0.29) is 11.6 Å². The van der Waals surface area contributed by atoms with Gasteiger partial charge in [-0.15, -0.1) is 0 Å². The van der Waals surface area contributed by atoms with Crippen LogP contribution in [-0.4, -0.2) is 41.8 Å². The van der Waals surface area contributed by atoms with E-state index in [1.54, 1.807) is 69.6 Å². The van der Waals surface area contributed by atoms with Crippen molar-refractivity contribution in [2.45, 2.75) is 45.3 Å². The number of piperidine rings is 1. The van der Waals surface area contributed by atoms with Crippen LogP contribution in [0.4, 0.5) is 26.7 Å². The van der Waals surface area contributed by atoms with Gasteiger partial charge in [-0.3, -0.25) is 20.4 Å². The smallest absolute Gasteiger partial charge is 0.412 e. The normalized spacial score (nSPS) is 14.4. The van der Waals surface area contributed by atoms with Crippen LogP contribution >= 0.6 is 11.6 Å². The number of halogens is 1. The quantitative estimate of drug-likeness (QED) is 0.247. The summed E-state index contributed by atoms with van der Waals surface area (Å²) in [5, 5.41) is 12.1. The molecule has 0 spiro atoms. The van der Waals surface area contributed by atoms with Gasteiger partial charge in [0.25, 0.3) is 5.91 Å². The SMILES string of the molecule is CC(C)(C)OC(=O)Nc1ccc(NC(=O)c2ccc(Cl)cc2)c(NC(=O)OC(c2ccncc2)C2CCNCC2)c1. The second kappa shape index (κ2) is 13.5. The molecule has 11 heteroatoms. The Labute approximate surface area is 244 Å². The highest BCUT2D eigenvalue weighted by Crippen LogP contribution is 2.33. The fourth-order valence-corrected chi connectivity index (χ4v) is 4.57. The number of anilines is 3. The molecule has 1 unspecified atom stereocenters. The lowest BCUT2D eigenvalue weighted by Crippen LogP contribution is -2.33. The summed E-state index contributed by atoms with van der Waals surface area (Å²) in [6.45, 7) is 6.93. The molecule has 2 aromatic carbocycles. The number of carbonyl (C=O) groups is 3. The van der Waals surface area contributed by atoms with Gasteiger partial charge in [0.05, 0.1) is 11.4 Å². The van der Waals surface area contributed by atoms with Crippen molar-refractivity contribution in [2.24, 2.45) is 5.92 Å². The number of rotatable bonds is 7. The van der Waals surface area contributed by atoms with Crippen LogP contribution in [0.3, 0.4) is 0 Å². The van der Waals surface area contributed by atoms with Crippen LogP contribution in [0.5, 0.6) is 0 Å². The van der Waals surface area contributed by atoms with Gasteiger partial charge in [-0.05, 0) is 107 Å². The maximum atomic E-state index is 13.3. The number of nitrogens with zero attached hydrogens (tertiary/aromatic N) is 1. The lowest BCUT2D eigenvalue weighted by atomic mass is 9.88. The Kier molecular flexibility index (Phi) is 9.80. The number of nitrogens with one attached hydrogen (secondary N) is 4. The summed E-state index contributed by atoms with van der Waals surface area (Å²) in [5.41, 5.74) is 1.41. The van der Waals surface area contributed by atoms with Crippen molar-refractivity contribution in [3.8, 4) is 0 Å². The zero-order chi connectivity index (χ0) is 29.4. The van der Waals surface area contributed by atoms with Gasteiger partial charge in [0, 0.05) is 34.6 Å². The largest absolute Gasteiger partial charge is 0.444 e. The highest BCUT2D eigenvalue weighted by atomic mass is 35.5. The number of hydrogen-bond donors (Lipinski definition) is 4. The van der Waals surface area contributed by atoms with Crippen LogP contribution in [0, 0.1) is 5.92 Å². The highest BCUT2D eigenvalue weighted by Gasteiger charge is 2.29. The van der Waals surface area contributed by atoms with E-state index >= 15 is 0 Å². The van der Waals surface area contributed by atoms with Gasteiger partial charge in [0.15, 0.2) is 0 Å². The second-order valence-corrected chi connectivity index (χ2v) is 11.1. The van der Waals surface area contributed by atoms with Gasteiger partial charge in [0.2, 0.25) is 0 Å². The van der Waals surface area contributed by atoms with E-state index in [2.05, 4.69) is 26.3 Å². The first-order valence-corrected chi connectivity index (χ1v) is 13.7. The van der Waals surface area contributed by atoms with Crippen LogP contribution in [0.25, 0.3) is 0 Å². The number of amides is 3. The monoisotopic (exact) mass is 579 g/mol. The third kappa shape index (κ3) is 8.92.